The molecule has 0 fully saturated rings. The first-order chi connectivity index (χ1) is 11.3. The van der Waals surface area contributed by atoms with Crippen molar-refractivity contribution in [3.63, 3.8) is 0 Å². The Morgan fingerprint density at radius 3 is 2.67 bits per heavy atom. The summed E-state index contributed by atoms with van der Waals surface area (Å²) >= 11 is 1.25. The summed E-state index contributed by atoms with van der Waals surface area (Å²) in [6, 6.07) is 7.27. The van der Waals surface area contributed by atoms with Gasteiger partial charge in [0, 0.05) is 0 Å². The Hall–Kier alpha value is -2.75. The van der Waals surface area contributed by atoms with Crippen molar-refractivity contribution in [2.75, 3.05) is 0 Å². The number of H-pyrrole nitrogens is 1. The van der Waals surface area contributed by atoms with Crippen LogP contribution < -0.4 is 5.56 Å². The van der Waals surface area contributed by atoms with Crippen LogP contribution in [0.5, 0.6) is 0 Å². The molecule has 0 bridgehead atoms. The van der Waals surface area contributed by atoms with E-state index >= 15 is 0 Å². The van der Waals surface area contributed by atoms with Crippen molar-refractivity contribution >= 4 is 32.6 Å². The molecule has 3 heterocycles. The largest absolute Gasteiger partial charge is 0.449 e. The topological polar surface area (TPSA) is 76.5 Å². The molecule has 1 aromatic carbocycles. The quantitative estimate of drug-likeness (QED) is 0.572. The van der Waals surface area contributed by atoms with Crippen LogP contribution in [0.1, 0.15) is 11.5 Å². The van der Waals surface area contributed by atoms with Gasteiger partial charge in [-0.2, -0.15) is 23.0 Å². The van der Waals surface area contributed by atoms with Gasteiger partial charge in [0.15, 0.2) is 5.65 Å². The minimum Gasteiger partial charge on any atom is -0.302 e. The number of hydrogen-bond acceptors (Lipinski definition) is 5. The first kappa shape index (κ1) is 14.8. The number of aromatic amines is 1. The Labute approximate surface area is 135 Å². The average molecular weight is 351 g/mol. The van der Waals surface area contributed by atoms with E-state index in [0.29, 0.717) is 10.6 Å². The van der Waals surface area contributed by atoms with Crippen LogP contribution in [-0.2, 0) is 6.18 Å². The maximum absolute atomic E-state index is 12.9. The summed E-state index contributed by atoms with van der Waals surface area (Å²) in [4.78, 5) is 21.7. The van der Waals surface area contributed by atoms with Crippen LogP contribution in [0.15, 0.2) is 29.1 Å². The van der Waals surface area contributed by atoms with Gasteiger partial charge >= 0.3 is 6.18 Å². The number of aromatic nitrogens is 5. The van der Waals surface area contributed by atoms with Crippen LogP contribution in [0.2, 0.25) is 0 Å². The Balaban J connectivity index is 2.05. The molecule has 0 saturated heterocycles. The Morgan fingerprint density at radius 1 is 1.21 bits per heavy atom. The van der Waals surface area contributed by atoms with Gasteiger partial charge in [-0.1, -0.05) is 23.5 Å². The van der Waals surface area contributed by atoms with E-state index < -0.39 is 17.6 Å². The number of benzene rings is 1. The second-order valence-electron chi connectivity index (χ2n) is 5.07. The van der Waals surface area contributed by atoms with Gasteiger partial charge in [0.25, 0.3) is 5.56 Å². The number of halogens is 3. The first-order valence-corrected chi connectivity index (χ1v) is 7.59. The van der Waals surface area contributed by atoms with Crippen LogP contribution in [0.4, 0.5) is 13.2 Å². The zero-order chi connectivity index (χ0) is 17.1. The Bertz CT molecular complexity index is 1110. The summed E-state index contributed by atoms with van der Waals surface area (Å²) in [5.41, 5.74) is -0.0637. The lowest BCUT2D eigenvalue weighted by atomic mass is 10.3. The Kier molecular flexibility index (Phi) is 3.01. The lowest BCUT2D eigenvalue weighted by Gasteiger charge is -2.05. The third-order valence-corrected chi connectivity index (χ3v) is 4.46. The van der Waals surface area contributed by atoms with E-state index in [1.807, 2.05) is 18.2 Å². The van der Waals surface area contributed by atoms with E-state index in [4.69, 9.17) is 0 Å². The molecule has 1 N–H and O–H groups in total. The number of thiazole rings is 1. The molecule has 0 amide bonds. The highest BCUT2D eigenvalue weighted by atomic mass is 32.1. The van der Waals surface area contributed by atoms with Crippen molar-refractivity contribution in [3.05, 3.63) is 46.1 Å². The van der Waals surface area contributed by atoms with Crippen LogP contribution in [-0.4, -0.2) is 24.7 Å². The molecule has 0 spiro atoms. The van der Waals surface area contributed by atoms with Crippen LogP contribution in [0.3, 0.4) is 0 Å². The van der Waals surface area contributed by atoms with Gasteiger partial charge in [-0.15, -0.1) is 0 Å². The molecule has 0 aliphatic heterocycles. The summed E-state index contributed by atoms with van der Waals surface area (Å²) in [5.74, 6) is -1.36. The normalized spacial score (nSPS) is 12.3. The predicted molar refractivity (Wildman–Crippen MR) is 82.4 cm³/mol. The summed E-state index contributed by atoms with van der Waals surface area (Å²) in [6.07, 6.45) is -4.76. The molecule has 3 aromatic heterocycles. The third kappa shape index (κ3) is 2.18. The molecule has 6 nitrogen and oxygen atoms in total. The van der Waals surface area contributed by atoms with Gasteiger partial charge in [-0.3, -0.25) is 4.79 Å². The fourth-order valence-corrected chi connectivity index (χ4v) is 3.33. The highest BCUT2D eigenvalue weighted by Crippen LogP contribution is 2.29. The maximum atomic E-state index is 12.9. The number of fused-ring (bicyclic) bond motifs is 2. The molecule has 0 atom stereocenters. The van der Waals surface area contributed by atoms with E-state index in [9.17, 15) is 18.0 Å². The zero-order valence-corrected chi connectivity index (χ0v) is 12.9. The first-order valence-electron chi connectivity index (χ1n) is 6.77. The smallest absolute Gasteiger partial charge is 0.302 e. The maximum Gasteiger partial charge on any atom is 0.449 e. The molecule has 0 radical (unpaired) electrons. The third-order valence-electron chi connectivity index (χ3n) is 3.45. The van der Waals surface area contributed by atoms with E-state index in [-0.39, 0.29) is 16.7 Å². The number of nitrogens with one attached hydrogen (secondary N) is 1. The monoisotopic (exact) mass is 351 g/mol. The number of para-hydroxylation sites is 1. The molecule has 10 heteroatoms. The number of alkyl halides is 3. The number of hydrogen-bond donors (Lipinski definition) is 1. The molecule has 122 valence electrons. The molecular formula is C14H8F3N5OS. The van der Waals surface area contributed by atoms with Gasteiger partial charge in [-0.25, -0.2) is 9.97 Å². The predicted octanol–water partition coefficient (Wildman–Crippen LogP) is 3.05. The summed E-state index contributed by atoms with van der Waals surface area (Å²) in [5, 5.41) is 4.52. The number of nitrogens with zero attached hydrogens (tertiary/aromatic N) is 4. The van der Waals surface area contributed by atoms with Crippen LogP contribution in [0, 0.1) is 6.92 Å². The summed E-state index contributed by atoms with van der Waals surface area (Å²) in [6.45, 7) is 1.54. The summed E-state index contributed by atoms with van der Waals surface area (Å²) in [7, 11) is 0. The minimum atomic E-state index is -4.76. The highest BCUT2D eigenvalue weighted by molar-refractivity contribution is 7.20. The van der Waals surface area contributed by atoms with E-state index in [1.54, 1.807) is 11.1 Å². The molecule has 0 aliphatic rings. The molecule has 24 heavy (non-hydrogen) atoms. The number of rotatable bonds is 1. The van der Waals surface area contributed by atoms with Crippen molar-refractivity contribution in [3.8, 4) is 5.13 Å². The number of aryl methyl sites for hydroxylation is 1. The lowest BCUT2D eigenvalue weighted by Crippen LogP contribution is -2.19. The van der Waals surface area contributed by atoms with E-state index in [1.165, 1.54) is 22.9 Å². The van der Waals surface area contributed by atoms with Gasteiger partial charge in [0.2, 0.25) is 11.0 Å². The van der Waals surface area contributed by atoms with Crippen molar-refractivity contribution in [1.82, 2.24) is 24.7 Å². The standard InChI is InChI=1S/C14H8F3N5OS/c1-6-9-10(19-12(14(15,16)17)20-11(9)23)22(21-6)13-18-7-4-2-3-5-8(7)24-13/h2-5H,1H3,(H,19,20,23). The zero-order valence-electron chi connectivity index (χ0n) is 12.0. The van der Waals surface area contributed by atoms with Crippen molar-refractivity contribution in [2.45, 2.75) is 13.1 Å². The SMILES string of the molecule is Cc1nn(-c2nc3ccccc3s2)c2nc(C(F)(F)F)[nH]c(=O)c12. The van der Waals surface area contributed by atoms with Crippen molar-refractivity contribution < 1.29 is 13.2 Å². The van der Waals surface area contributed by atoms with Crippen LogP contribution >= 0.6 is 11.3 Å². The van der Waals surface area contributed by atoms with E-state index in [0.717, 1.165) is 4.70 Å². The van der Waals surface area contributed by atoms with Gasteiger partial charge in [-0.05, 0) is 19.1 Å². The Morgan fingerprint density at radius 2 is 1.96 bits per heavy atom. The second-order valence-corrected chi connectivity index (χ2v) is 6.08. The summed E-state index contributed by atoms with van der Waals surface area (Å²) < 4.78 is 40.8. The molecular weight excluding hydrogens is 343 g/mol. The molecule has 0 saturated carbocycles. The van der Waals surface area contributed by atoms with Gasteiger partial charge in [0.05, 0.1) is 15.9 Å². The van der Waals surface area contributed by atoms with Gasteiger partial charge < -0.3 is 4.98 Å². The molecule has 0 unspecified atom stereocenters. The lowest BCUT2D eigenvalue weighted by molar-refractivity contribution is -0.144. The molecule has 4 aromatic rings. The fraction of sp³-hybridized carbons (Fsp3) is 0.143. The van der Waals surface area contributed by atoms with Gasteiger partial charge in [0.1, 0.15) is 5.39 Å². The highest BCUT2D eigenvalue weighted by Gasteiger charge is 2.35. The van der Waals surface area contributed by atoms with Crippen molar-refractivity contribution in [2.24, 2.45) is 0 Å². The average Bonchev–Trinajstić information content (AvgIpc) is 3.07. The van der Waals surface area contributed by atoms with Crippen molar-refractivity contribution in [1.29, 1.82) is 0 Å². The molecule has 4 rings (SSSR count). The fourth-order valence-electron chi connectivity index (χ4n) is 2.41. The second kappa shape index (κ2) is 4.87. The molecule has 0 aliphatic carbocycles. The van der Waals surface area contributed by atoms with E-state index in [2.05, 4.69) is 15.1 Å². The minimum absolute atomic E-state index is 0.0160. The van der Waals surface area contributed by atoms with Crippen LogP contribution in [0.25, 0.3) is 26.4 Å².